The van der Waals surface area contributed by atoms with E-state index in [1.807, 2.05) is 72.8 Å². The van der Waals surface area contributed by atoms with E-state index in [9.17, 15) is 9.59 Å². The van der Waals surface area contributed by atoms with Crippen LogP contribution in [0.1, 0.15) is 17.4 Å². The van der Waals surface area contributed by atoms with E-state index in [0.29, 0.717) is 17.2 Å². The lowest BCUT2D eigenvalue weighted by atomic mass is 10.0. The monoisotopic (exact) mass is 412 g/mol. The van der Waals surface area contributed by atoms with Crippen molar-refractivity contribution in [3.63, 3.8) is 0 Å². The second-order valence-corrected chi connectivity index (χ2v) is 7.33. The number of carbonyl (C=O) groups is 2. The van der Waals surface area contributed by atoms with Crippen molar-refractivity contribution in [2.75, 3.05) is 18.1 Å². The minimum Gasteiger partial charge on any atom is -0.482 e. The van der Waals surface area contributed by atoms with Crippen LogP contribution in [-0.4, -0.2) is 25.0 Å². The molecule has 0 radical (unpaired) electrons. The normalized spacial score (nSPS) is 14.1. The highest BCUT2D eigenvalue weighted by molar-refractivity contribution is 6.02. The largest absolute Gasteiger partial charge is 0.482 e. The number of carbonyl (C=O) groups excluding carboxylic acids is 2. The van der Waals surface area contributed by atoms with E-state index in [-0.39, 0.29) is 25.0 Å². The van der Waals surface area contributed by atoms with Crippen molar-refractivity contribution < 1.29 is 18.7 Å². The number of rotatable bonds is 5. The van der Waals surface area contributed by atoms with Crippen LogP contribution in [0.2, 0.25) is 0 Å². The number of furan rings is 1. The summed E-state index contributed by atoms with van der Waals surface area (Å²) in [5, 5.41) is 4.00. The molecule has 1 N–H and O–H groups in total. The van der Waals surface area contributed by atoms with Gasteiger partial charge in [0.25, 0.3) is 5.91 Å². The number of fused-ring (bicyclic) bond motifs is 2. The molecule has 5 rings (SSSR count). The Morgan fingerprint density at radius 3 is 2.55 bits per heavy atom. The number of hydrogen-bond donors (Lipinski definition) is 1. The maximum absolute atomic E-state index is 13.1. The molecule has 154 valence electrons. The summed E-state index contributed by atoms with van der Waals surface area (Å²) in [6, 6.07) is 26.0. The first kappa shape index (κ1) is 18.9. The van der Waals surface area contributed by atoms with Crippen molar-refractivity contribution in [2.45, 2.75) is 6.04 Å². The highest BCUT2D eigenvalue weighted by Crippen LogP contribution is 2.32. The summed E-state index contributed by atoms with van der Waals surface area (Å²) in [6.45, 7) is -0.196. The van der Waals surface area contributed by atoms with Crippen LogP contribution < -0.4 is 15.0 Å². The average Bonchev–Trinajstić information content (AvgIpc) is 3.24. The molecule has 1 aliphatic rings. The molecular formula is C25H20N2O4. The fourth-order valence-electron chi connectivity index (χ4n) is 3.79. The van der Waals surface area contributed by atoms with Gasteiger partial charge in [-0.15, -0.1) is 0 Å². The van der Waals surface area contributed by atoms with Gasteiger partial charge in [0.15, 0.2) is 6.61 Å². The highest BCUT2D eigenvalue weighted by Gasteiger charge is 2.28. The Balaban J connectivity index is 1.43. The van der Waals surface area contributed by atoms with E-state index >= 15 is 0 Å². The van der Waals surface area contributed by atoms with Crippen molar-refractivity contribution in [3.05, 3.63) is 96.3 Å². The van der Waals surface area contributed by atoms with Crippen LogP contribution in [0.25, 0.3) is 11.0 Å². The fourth-order valence-corrected chi connectivity index (χ4v) is 3.79. The van der Waals surface area contributed by atoms with Crippen LogP contribution >= 0.6 is 0 Å². The lowest BCUT2D eigenvalue weighted by molar-refractivity contribution is -0.125. The van der Waals surface area contributed by atoms with Crippen molar-refractivity contribution in [1.29, 1.82) is 0 Å². The summed E-state index contributed by atoms with van der Waals surface area (Å²) >= 11 is 0. The third-order valence-electron chi connectivity index (χ3n) is 5.28. The Labute approximate surface area is 179 Å². The van der Waals surface area contributed by atoms with Crippen LogP contribution in [-0.2, 0) is 9.59 Å². The van der Waals surface area contributed by atoms with Crippen LogP contribution in [0.3, 0.4) is 0 Å². The molecule has 0 saturated heterocycles. The Bertz CT molecular complexity index is 1220. The molecule has 0 saturated carbocycles. The van der Waals surface area contributed by atoms with Gasteiger partial charge in [0.1, 0.15) is 29.7 Å². The standard InChI is InChI=1S/C25H20N2O4/c28-23(15-27-19-11-5-7-13-21(19)30-16-24(27)29)26-25(17-8-2-1-3-9-17)22-14-18-10-4-6-12-20(18)31-22/h1-14,25H,15-16H2,(H,26,28)/t25-/m1/s1. The zero-order valence-electron chi connectivity index (χ0n) is 16.7. The van der Waals surface area contributed by atoms with Crippen LogP contribution in [0.15, 0.2) is 89.3 Å². The zero-order chi connectivity index (χ0) is 21.2. The Hall–Kier alpha value is -4.06. The summed E-state index contributed by atoms with van der Waals surface area (Å²) in [6.07, 6.45) is 0. The van der Waals surface area contributed by atoms with Crippen molar-refractivity contribution in [3.8, 4) is 5.75 Å². The third kappa shape index (κ3) is 3.75. The number of nitrogens with zero attached hydrogens (tertiary/aromatic N) is 1. The number of ether oxygens (including phenoxy) is 1. The van der Waals surface area contributed by atoms with Crippen molar-refractivity contribution in [2.24, 2.45) is 0 Å². The number of nitrogens with one attached hydrogen (secondary N) is 1. The van der Waals surface area contributed by atoms with Gasteiger partial charge in [0.05, 0.1) is 5.69 Å². The third-order valence-corrected chi connectivity index (χ3v) is 5.28. The van der Waals surface area contributed by atoms with Gasteiger partial charge in [-0.2, -0.15) is 0 Å². The molecule has 0 fully saturated rings. The maximum atomic E-state index is 13.1. The Morgan fingerprint density at radius 2 is 1.71 bits per heavy atom. The van der Waals surface area contributed by atoms with E-state index in [1.54, 1.807) is 12.1 Å². The summed E-state index contributed by atoms with van der Waals surface area (Å²) in [4.78, 5) is 26.9. The topological polar surface area (TPSA) is 71.8 Å². The minimum absolute atomic E-state index is 0.0873. The number of benzene rings is 3. The molecule has 0 aliphatic carbocycles. The molecule has 1 aromatic heterocycles. The van der Waals surface area contributed by atoms with Gasteiger partial charge in [-0.3, -0.25) is 14.5 Å². The molecule has 31 heavy (non-hydrogen) atoms. The number of amides is 2. The van der Waals surface area contributed by atoms with Gasteiger partial charge < -0.3 is 14.5 Å². The van der Waals surface area contributed by atoms with Crippen LogP contribution in [0.4, 0.5) is 5.69 Å². The first-order valence-electron chi connectivity index (χ1n) is 10.0. The van der Waals surface area contributed by atoms with Crippen molar-refractivity contribution in [1.82, 2.24) is 5.32 Å². The summed E-state index contributed by atoms with van der Waals surface area (Å²) in [7, 11) is 0. The summed E-state index contributed by atoms with van der Waals surface area (Å²) < 4.78 is 11.5. The molecule has 6 nitrogen and oxygen atoms in total. The van der Waals surface area contributed by atoms with Gasteiger partial charge in [-0.1, -0.05) is 60.7 Å². The van der Waals surface area contributed by atoms with Gasteiger partial charge in [-0.05, 0) is 29.8 Å². The SMILES string of the molecule is O=C(CN1C(=O)COc2ccccc21)N[C@H](c1ccccc1)c1cc2ccccc2o1. The maximum Gasteiger partial charge on any atom is 0.265 e. The van der Waals surface area contributed by atoms with Gasteiger partial charge in [0.2, 0.25) is 5.91 Å². The Kier molecular flexibility index (Phi) is 4.88. The van der Waals surface area contributed by atoms with Crippen LogP contribution in [0, 0.1) is 0 Å². The lowest BCUT2D eigenvalue weighted by Crippen LogP contribution is -2.45. The van der Waals surface area contributed by atoms with Crippen molar-refractivity contribution >= 4 is 28.5 Å². The number of para-hydroxylation sites is 3. The predicted molar refractivity (Wildman–Crippen MR) is 117 cm³/mol. The molecule has 6 heteroatoms. The van der Waals surface area contributed by atoms with Gasteiger partial charge in [0, 0.05) is 5.39 Å². The molecule has 2 heterocycles. The summed E-state index contributed by atoms with van der Waals surface area (Å²) in [5.74, 6) is 0.675. The second kappa shape index (κ2) is 7.99. The molecule has 3 aromatic carbocycles. The molecule has 1 atom stereocenters. The predicted octanol–water partition coefficient (Wildman–Crippen LogP) is 4.06. The highest BCUT2D eigenvalue weighted by atomic mass is 16.5. The number of anilines is 1. The lowest BCUT2D eigenvalue weighted by Gasteiger charge is -2.29. The van der Waals surface area contributed by atoms with E-state index < -0.39 is 6.04 Å². The quantitative estimate of drug-likeness (QED) is 0.537. The van der Waals surface area contributed by atoms with E-state index in [4.69, 9.17) is 9.15 Å². The fraction of sp³-hybridized carbons (Fsp3) is 0.120. The van der Waals surface area contributed by atoms with Gasteiger partial charge >= 0.3 is 0 Å². The van der Waals surface area contributed by atoms with E-state index in [0.717, 1.165) is 16.5 Å². The molecule has 2 amide bonds. The van der Waals surface area contributed by atoms with E-state index in [2.05, 4.69) is 5.32 Å². The first-order chi connectivity index (χ1) is 15.2. The van der Waals surface area contributed by atoms with Crippen LogP contribution in [0.5, 0.6) is 5.75 Å². The molecule has 0 spiro atoms. The molecular weight excluding hydrogens is 392 g/mol. The minimum atomic E-state index is -0.479. The van der Waals surface area contributed by atoms with E-state index in [1.165, 1.54) is 4.90 Å². The number of hydrogen-bond acceptors (Lipinski definition) is 4. The Morgan fingerprint density at radius 1 is 0.968 bits per heavy atom. The van der Waals surface area contributed by atoms with Gasteiger partial charge in [-0.25, -0.2) is 0 Å². The zero-order valence-corrected chi connectivity index (χ0v) is 16.7. The molecule has 0 unspecified atom stereocenters. The molecule has 0 bridgehead atoms. The average molecular weight is 412 g/mol. The summed E-state index contributed by atoms with van der Waals surface area (Å²) in [5.41, 5.74) is 2.24. The first-order valence-corrected chi connectivity index (χ1v) is 10.0. The molecule has 4 aromatic rings. The smallest absolute Gasteiger partial charge is 0.265 e. The second-order valence-electron chi connectivity index (χ2n) is 7.33. The molecule has 1 aliphatic heterocycles.